The number of rotatable bonds is 5. The highest BCUT2D eigenvalue weighted by atomic mass is 32.3. The highest BCUT2D eigenvalue weighted by Crippen LogP contribution is 2.32. The van der Waals surface area contributed by atoms with E-state index in [0.717, 1.165) is 0 Å². The number of carbonyl (C=O) groups is 2. The van der Waals surface area contributed by atoms with Gasteiger partial charge in [-0.1, -0.05) is 0 Å². The molecule has 3 fully saturated rings. The fraction of sp³-hybridized carbons (Fsp3) is 0.750. The van der Waals surface area contributed by atoms with Gasteiger partial charge in [0.2, 0.25) is 5.91 Å². The summed E-state index contributed by atoms with van der Waals surface area (Å²) >= 11 is 0. The van der Waals surface area contributed by atoms with Crippen LogP contribution in [0.5, 0.6) is 0 Å². The van der Waals surface area contributed by atoms with E-state index in [1.807, 2.05) is 0 Å². The number of fused-ring (bicyclic) bond motifs is 2. The predicted molar refractivity (Wildman–Crippen MR) is 81.0 cm³/mol. The molecule has 3 rings (SSSR count). The van der Waals surface area contributed by atoms with Crippen LogP contribution in [0.1, 0.15) is 26.2 Å². The normalized spacial score (nSPS) is 32.9. The van der Waals surface area contributed by atoms with Gasteiger partial charge in [0, 0.05) is 13.5 Å². The highest BCUT2D eigenvalue weighted by Gasteiger charge is 2.49. The van der Waals surface area contributed by atoms with Crippen molar-refractivity contribution >= 4 is 28.2 Å². The van der Waals surface area contributed by atoms with E-state index in [9.17, 15) is 18.0 Å². The van der Waals surface area contributed by atoms with E-state index in [2.05, 4.69) is 14.6 Å². The van der Waals surface area contributed by atoms with Crippen molar-refractivity contribution in [3.8, 4) is 0 Å². The summed E-state index contributed by atoms with van der Waals surface area (Å²) in [5.74, 6) is 0.137. The van der Waals surface area contributed by atoms with Crippen molar-refractivity contribution in [2.24, 2.45) is 10.7 Å². The molecule has 2 saturated heterocycles. The van der Waals surface area contributed by atoms with Gasteiger partial charge in [-0.05, 0) is 19.3 Å². The summed E-state index contributed by atoms with van der Waals surface area (Å²) in [6.45, 7) is 1.67. The number of nitrogens with two attached hydrogens (primary N) is 1. The number of hydrogen-bond donors (Lipinski definition) is 3. The monoisotopic (exact) mass is 361 g/mol. The lowest BCUT2D eigenvalue weighted by Gasteiger charge is -2.29. The fourth-order valence-corrected chi connectivity index (χ4v) is 3.55. The van der Waals surface area contributed by atoms with Crippen LogP contribution >= 0.6 is 0 Å². The molecule has 24 heavy (non-hydrogen) atoms. The summed E-state index contributed by atoms with van der Waals surface area (Å²) in [5, 5.41) is 3.41. The predicted octanol–water partition coefficient (Wildman–Crippen LogP) is -1.38. The van der Waals surface area contributed by atoms with Crippen molar-refractivity contribution in [3.63, 3.8) is 0 Å². The molecule has 1 saturated carbocycles. The van der Waals surface area contributed by atoms with Gasteiger partial charge in [0.1, 0.15) is 5.84 Å². The molecule has 0 aromatic heterocycles. The average molecular weight is 361 g/mol. The number of nitrogens with zero attached hydrogens (tertiary/aromatic N) is 3. The van der Waals surface area contributed by atoms with Crippen molar-refractivity contribution in [2.45, 2.75) is 50.4 Å². The standard InChI is InChI=1S/C12H19N5O6S/c1-6(18)14-8-4-9(8)15-11(13)10-3-2-7-5-16(10)12(19)17(7)23-24(20,21)22/h7-10H,2-5H2,1H3,(H2,13,15)(H,14,18)(H,20,21,22)/t7-,8?,9?,10+/m1/s1. The molecule has 4 atom stereocenters. The van der Waals surface area contributed by atoms with Crippen molar-refractivity contribution in [3.05, 3.63) is 0 Å². The summed E-state index contributed by atoms with van der Waals surface area (Å²) in [6, 6.07) is -1.73. The van der Waals surface area contributed by atoms with Crippen LogP contribution in [0.15, 0.2) is 4.99 Å². The Morgan fingerprint density at radius 3 is 2.79 bits per heavy atom. The number of aliphatic imine (C=N–C) groups is 1. The van der Waals surface area contributed by atoms with Gasteiger partial charge in [0.15, 0.2) is 0 Å². The molecule has 0 radical (unpaired) electrons. The smallest absolute Gasteiger partial charge is 0.386 e. The molecule has 2 bridgehead atoms. The van der Waals surface area contributed by atoms with E-state index in [1.165, 1.54) is 11.8 Å². The summed E-state index contributed by atoms with van der Waals surface area (Å²) in [7, 11) is -4.77. The summed E-state index contributed by atoms with van der Waals surface area (Å²) < 4.78 is 34.8. The number of nitrogens with one attached hydrogen (secondary N) is 1. The first-order valence-electron chi connectivity index (χ1n) is 7.53. The van der Waals surface area contributed by atoms with Gasteiger partial charge in [-0.2, -0.15) is 13.5 Å². The number of amides is 3. The topological polar surface area (TPSA) is 155 Å². The number of urea groups is 1. The molecule has 134 valence electrons. The maximum absolute atomic E-state index is 12.3. The molecule has 0 aromatic carbocycles. The van der Waals surface area contributed by atoms with Crippen LogP contribution in [-0.4, -0.2) is 71.4 Å². The third kappa shape index (κ3) is 3.44. The molecule has 4 N–H and O–H groups in total. The van der Waals surface area contributed by atoms with Crippen LogP contribution in [0.3, 0.4) is 0 Å². The van der Waals surface area contributed by atoms with Crippen LogP contribution in [0.25, 0.3) is 0 Å². The Bertz CT molecular complexity index is 694. The lowest BCUT2D eigenvalue weighted by atomic mass is 10.0. The lowest BCUT2D eigenvalue weighted by molar-refractivity contribution is -0.119. The maximum atomic E-state index is 12.3. The van der Waals surface area contributed by atoms with Gasteiger partial charge >= 0.3 is 16.4 Å². The summed E-state index contributed by atoms with van der Waals surface area (Å²) in [6.07, 6.45) is 1.68. The van der Waals surface area contributed by atoms with E-state index in [-0.39, 0.29) is 30.4 Å². The number of hydrogen-bond acceptors (Lipinski definition) is 6. The van der Waals surface area contributed by atoms with E-state index in [4.69, 9.17) is 10.3 Å². The molecule has 0 aromatic rings. The van der Waals surface area contributed by atoms with Crippen LogP contribution in [0.4, 0.5) is 4.79 Å². The van der Waals surface area contributed by atoms with Gasteiger partial charge < -0.3 is 16.0 Å². The van der Waals surface area contributed by atoms with E-state index in [1.54, 1.807) is 0 Å². The molecule has 2 unspecified atom stereocenters. The van der Waals surface area contributed by atoms with Crippen molar-refractivity contribution < 1.29 is 26.8 Å². The Morgan fingerprint density at radius 2 is 2.17 bits per heavy atom. The second-order valence-electron chi connectivity index (χ2n) is 6.17. The molecule has 11 nitrogen and oxygen atoms in total. The molecule has 3 amide bonds. The maximum Gasteiger partial charge on any atom is 0.418 e. The van der Waals surface area contributed by atoms with Gasteiger partial charge in [-0.3, -0.25) is 14.3 Å². The third-order valence-corrected chi connectivity index (χ3v) is 4.65. The van der Waals surface area contributed by atoms with Crippen molar-refractivity contribution in [1.82, 2.24) is 15.3 Å². The van der Waals surface area contributed by atoms with Crippen LogP contribution in [-0.2, 0) is 19.5 Å². The molecule has 2 heterocycles. The Hall–Kier alpha value is -1.92. The number of amidine groups is 1. The van der Waals surface area contributed by atoms with E-state index in [0.29, 0.717) is 24.3 Å². The molecular formula is C12H19N5O6S. The molecule has 2 aliphatic heterocycles. The number of piperidine rings is 1. The Labute approximate surface area is 138 Å². The van der Waals surface area contributed by atoms with Gasteiger partial charge in [0.05, 0.1) is 24.2 Å². The summed E-state index contributed by atoms with van der Waals surface area (Å²) in [4.78, 5) is 29.0. The SMILES string of the molecule is CC(=O)NC1CC1N=C(N)[C@@H]1CC[C@@H]2CN1C(=O)N2OS(=O)(=O)O. The van der Waals surface area contributed by atoms with E-state index >= 15 is 0 Å². The third-order valence-electron chi connectivity index (χ3n) is 4.30. The van der Waals surface area contributed by atoms with Crippen LogP contribution in [0, 0.1) is 0 Å². The lowest BCUT2D eigenvalue weighted by Crippen LogP contribution is -2.48. The zero-order chi connectivity index (χ0) is 17.6. The fourth-order valence-electron chi connectivity index (χ4n) is 3.16. The minimum Gasteiger partial charge on any atom is -0.386 e. The van der Waals surface area contributed by atoms with Gasteiger partial charge in [-0.25, -0.2) is 4.79 Å². The van der Waals surface area contributed by atoms with Gasteiger partial charge in [0.25, 0.3) is 0 Å². The Morgan fingerprint density at radius 1 is 1.46 bits per heavy atom. The van der Waals surface area contributed by atoms with Gasteiger partial charge in [-0.15, -0.1) is 4.28 Å². The Kier molecular flexibility index (Phi) is 4.13. The van der Waals surface area contributed by atoms with Crippen LogP contribution in [0.2, 0.25) is 0 Å². The van der Waals surface area contributed by atoms with E-state index < -0.39 is 28.5 Å². The van der Waals surface area contributed by atoms with Crippen LogP contribution < -0.4 is 11.1 Å². The van der Waals surface area contributed by atoms with Crippen molar-refractivity contribution in [2.75, 3.05) is 6.54 Å². The first-order valence-corrected chi connectivity index (χ1v) is 8.89. The second kappa shape index (κ2) is 5.86. The zero-order valence-electron chi connectivity index (χ0n) is 13.0. The quantitative estimate of drug-likeness (QED) is 0.310. The average Bonchev–Trinajstić information content (AvgIpc) is 3.13. The minimum atomic E-state index is -4.77. The molecule has 3 aliphatic rings. The highest BCUT2D eigenvalue weighted by molar-refractivity contribution is 7.80. The van der Waals surface area contributed by atoms with Crippen molar-refractivity contribution in [1.29, 1.82) is 0 Å². The molecule has 12 heteroatoms. The Balaban J connectivity index is 1.67. The molecule has 0 spiro atoms. The number of hydroxylamine groups is 2. The minimum absolute atomic E-state index is 0.0361. The summed E-state index contributed by atoms with van der Waals surface area (Å²) in [5.41, 5.74) is 6.02. The first-order chi connectivity index (χ1) is 11.2. The second-order valence-corrected chi connectivity index (χ2v) is 7.18. The first kappa shape index (κ1) is 16.9. The zero-order valence-corrected chi connectivity index (χ0v) is 13.8. The number of carbonyl (C=O) groups excluding carboxylic acids is 2. The largest absolute Gasteiger partial charge is 0.418 e. The molecule has 1 aliphatic carbocycles. The molecular weight excluding hydrogens is 342 g/mol.